The maximum absolute atomic E-state index is 6.22. The van der Waals surface area contributed by atoms with Crippen LogP contribution in [0.5, 0.6) is 5.75 Å². The van der Waals surface area contributed by atoms with Crippen molar-refractivity contribution in [3.8, 4) is 5.75 Å². The lowest BCUT2D eigenvalue weighted by Crippen LogP contribution is -2.17. The van der Waals surface area contributed by atoms with Crippen molar-refractivity contribution in [2.24, 2.45) is 5.92 Å². The zero-order chi connectivity index (χ0) is 12.7. The van der Waals surface area contributed by atoms with Crippen molar-refractivity contribution in [2.45, 2.75) is 32.6 Å². The maximum atomic E-state index is 6.22. The molecule has 4 heteroatoms. The number of hydrogen-bond acceptors (Lipinski definition) is 3. The Morgan fingerprint density at radius 1 is 1.47 bits per heavy atom. The smallest absolute Gasteiger partial charge is 0.168 e. The van der Waals surface area contributed by atoms with Gasteiger partial charge in [0.1, 0.15) is 0 Å². The molecule has 96 valence electrons. The standard InChI is InChI=1S/C13H21ClN2O/c1-4-17-12-6-5-7-15-13(12)16-9-11(14)8-10(2)3/h5-7,10-11H,4,8-9H2,1-3H3,(H,15,16). The van der Waals surface area contributed by atoms with Gasteiger partial charge in [-0.05, 0) is 31.4 Å². The van der Waals surface area contributed by atoms with Crippen molar-refractivity contribution in [3.63, 3.8) is 0 Å². The fourth-order valence-electron chi connectivity index (χ4n) is 1.60. The SMILES string of the molecule is CCOc1cccnc1NCC(Cl)CC(C)C. The summed E-state index contributed by atoms with van der Waals surface area (Å²) in [5.74, 6) is 2.15. The van der Waals surface area contributed by atoms with E-state index in [4.69, 9.17) is 16.3 Å². The number of nitrogens with zero attached hydrogens (tertiary/aromatic N) is 1. The summed E-state index contributed by atoms with van der Waals surface area (Å²) in [6.07, 6.45) is 2.74. The minimum atomic E-state index is 0.117. The van der Waals surface area contributed by atoms with Crippen LogP contribution in [-0.2, 0) is 0 Å². The fourth-order valence-corrected chi connectivity index (χ4v) is 2.03. The van der Waals surface area contributed by atoms with Crippen LogP contribution in [0.15, 0.2) is 18.3 Å². The Kier molecular flexibility index (Phi) is 6.12. The predicted molar refractivity (Wildman–Crippen MR) is 73.0 cm³/mol. The van der Waals surface area contributed by atoms with E-state index in [1.54, 1.807) is 6.20 Å². The van der Waals surface area contributed by atoms with Gasteiger partial charge in [-0.15, -0.1) is 11.6 Å². The molecule has 1 heterocycles. The number of anilines is 1. The number of nitrogens with one attached hydrogen (secondary N) is 1. The Labute approximate surface area is 109 Å². The average molecular weight is 257 g/mol. The van der Waals surface area contributed by atoms with Gasteiger partial charge in [0.25, 0.3) is 0 Å². The third-order valence-corrected chi connectivity index (χ3v) is 2.62. The third-order valence-electron chi connectivity index (χ3n) is 2.29. The van der Waals surface area contributed by atoms with Crippen LogP contribution in [0, 0.1) is 5.92 Å². The summed E-state index contributed by atoms with van der Waals surface area (Å²) in [7, 11) is 0. The van der Waals surface area contributed by atoms with Gasteiger partial charge < -0.3 is 10.1 Å². The minimum absolute atomic E-state index is 0.117. The number of rotatable bonds is 7. The summed E-state index contributed by atoms with van der Waals surface area (Å²) >= 11 is 6.22. The molecule has 0 saturated carbocycles. The van der Waals surface area contributed by atoms with E-state index in [-0.39, 0.29) is 5.38 Å². The third kappa shape index (κ3) is 5.26. The molecule has 17 heavy (non-hydrogen) atoms. The highest BCUT2D eigenvalue weighted by Crippen LogP contribution is 2.21. The Hall–Kier alpha value is -0.960. The molecule has 0 radical (unpaired) electrons. The number of halogens is 1. The van der Waals surface area contributed by atoms with Crippen LogP contribution < -0.4 is 10.1 Å². The van der Waals surface area contributed by atoms with Gasteiger partial charge in [0.05, 0.1) is 12.0 Å². The number of hydrogen-bond donors (Lipinski definition) is 1. The van der Waals surface area contributed by atoms with Crippen molar-refractivity contribution < 1.29 is 4.74 Å². The lowest BCUT2D eigenvalue weighted by molar-refractivity contribution is 0.340. The van der Waals surface area contributed by atoms with Crippen molar-refractivity contribution in [1.82, 2.24) is 4.98 Å². The number of pyridine rings is 1. The molecule has 0 fully saturated rings. The highest BCUT2D eigenvalue weighted by atomic mass is 35.5. The molecular formula is C13H21ClN2O. The first-order valence-corrected chi connectivity index (χ1v) is 6.52. The summed E-state index contributed by atoms with van der Waals surface area (Å²) < 4.78 is 5.48. The van der Waals surface area contributed by atoms with Crippen LogP contribution >= 0.6 is 11.6 Å². The van der Waals surface area contributed by atoms with Crippen LogP contribution in [0.3, 0.4) is 0 Å². The molecule has 0 aliphatic carbocycles. The second kappa shape index (κ2) is 7.38. The van der Waals surface area contributed by atoms with E-state index >= 15 is 0 Å². The van der Waals surface area contributed by atoms with Crippen molar-refractivity contribution in [2.75, 3.05) is 18.5 Å². The molecule has 1 unspecified atom stereocenters. The molecule has 1 rings (SSSR count). The lowest BCUT2D eigenvalue weighted by atomic mass is 10.1. The quantitative estimate of drug-likeness (QED) is 0.758. The predicted octanol–water partition coefficient (Wildman–Crippen LogP) is 3.55. The summed E-state index contributed by atoms with van der Waals surface area (Å²) in [6, 6.07) is 3.77. The first-order valence-electron chi connectivity index (χ1n) is 6.09. The van der Waals surface area contributed by atoms with E-state index in [2.05, 4.69) is 24.1 Å². The number of ether oxygens (including phenoxy) is 1. The first kappa shape index (κ1) is 14.1. The van der Waals surface area contributed by atoms with Gasteiger partial charge in [-0.25, -0.2) is 4.98 Å². The van der Waals surface area contributed by atoms with Crippen molar-refractivity contribution >= 4 is 17.4 Å². The van der Waals surface area contributed by atoms with Gasteiger partial charge in [0.2, 0.25) is 0 Å². The van der Waals surface area contributed by atoms with Gasteiger partial charge >= 0.3 is 0 Å². The molecule has 0 aliphatic rings. The Morgan fingerprint density at radius 2 is 2.24 bits per heavy atom. The molecule has 0 amide bonds. The number of alkyl halides is 1. The molecule has 1 atom stereocenters. The van der Waals surface area contributed by atoms with E-state index in [0.717, 1.165) is 18.0 Å². The second-order valence-electron chi connectivity index (χ2n) is 4.39. The Balaban J connectivity index is 2.50. The van der Waals surface area contributed by atoms with Gasteiger partial charge in [0.15, 0.2) is 11.6 Å². The second-order valence-corrected chi connectivity index (χ2v) is 5.01. The topological polar surface area (TPSA) is 34.1 Å². The minimum Gasteiger partial charge on any atom is -0.490 e. The van der Waals surface area contributed by atoms with Crippen molar-refractivity contribution in [1.29, 1.82) is 0 Å². The molecule has 0 saturated heterocycles. The van der Waals surface area contributed by atoms with Crippen LogP contribution in [0.25, 0.3) is 0 Å². The van der Waals surface area contributed by atoms with Crippen LogP contribution in [-0.4, -0.2) is 23.5 Å². The summed E-state index contributed by atoms with van der Waals surface area (Å²) in [5.41, 5.74) is 0. The summed E-state index contributed by atoms with van der Waals surface area (Å²) in [6.45, 7) is 7.64. The normalized spacial score (nSPS) is 12.5. The van der Waals surface area contributed by atoms with E-state index in [1.165, 1.54) is 0 Å². The van der Waals surface area contributed by atoms with Gasteiger partial charge in [-0.1, -0.05) is 13.8 Å². The molecule has 3 nitrogen and oxygen atoms in total. The van der Waals surface area contributed by atoms with Gasteiger partial charge in [-0.3, -0.25) is 0 Å². The zero-order valence-electron chi connectivity index (χ0n) is 10.7. The molecular weight excluding hydrogens is 236 g/mol. The highest BCUT2D eigenvalue weighted by molar-refractivity contribution is 6.20. The van der Waals surface area contributed by atoms with E-state index in [0.29, 0.717) is 19.1 Å². The van der Waals surface area contributed by atoms with E-state index < -0.39 is 0 Å². The average Bonchev–Trinajstić information content (AvgIpc) is 2.27. The first-order chi connectivity index (χ1) is 8.13. The Morgan fingerprint density at radius 3 is 2.88 bits per heavy atom. The molecule has 0 spiro atoms. The van der Waals surface area contributed by atoms with Crippen LogP contribution in [0.1, 0.15) is 27.2 Å². The molecule has 1 aromatic rings. The zero-order valence-corrected chi connectivity index (χ0v) is 11.5. The monoisotopic (exact) mass is 256 g/mol. The van der Waals surface area contributed by atoms with Crippen molar-refractivity contribution in [3.05, 3.63) is 18.3 Å². The summed E-state index contributed by atoms with van der Waals surface area (Å²) in [4.78, 5) is 4.25. The van der Waals surface area contributed by atoms with E-state index in [9.17, 15) is 0 Å². The highest BCUT2D eigenvalue weighted by Gasteiger charge is 2.09. The largest absolute Gasteiger partial charge is 0.490 e. The van der Waals surface area contributed by atoms with Crippen LogP contribution in [0.2, 0.25) is 0 Å². The fraction of sp³-hybridized carbons (Fsp3) is 0.615. The maximum Gasteiger partial charge on any atom is 0.168 e. The Bertz CT molecular complexity index is 331. The van der Waals surface area contributed by atoms with E-state index in [1.807, 2.05) is 19.1 Å². The van der Waals surface area contributed by atoms with Crippen LogP contribution in [0.4, 0.5) is 5.82 Å². The summed E-state index contributed by atoms with van der Waals surface area (Å²) in [5, 5.41) is 3.35. The van der Waals surface area contributed by atoms with Gasteiger partial charge in [0, 0.05) is 12.7 Å². The molecule has 0 aliphatic heterocycles. The molecule has 0 aromatic carbocycles. The molecule has 1 N–H and O–H groups in total. The van der Waals surface area contributed by atoms with Gasteiger partial charge in [-0.2, -0.15) is 0 Å². The molecule has 1 aromatic heterocycles. The lowest BCUT2D eigenvalue weighted by Gasteiger charge is -2.15. The molecule has 0 bridgehead atoms. The number of aromatic nitrogens is 1.